The lowest BCUT2D eigenvalue weighted by atomic mass is 10.1. The Bertz CT molecular complexity index is 508. The molecular weight excluding hydrogens is 218 g/mol. The maximum Gasteiger partial charge on any atom is 0.180 e. The van der Waals surface area contributed by atoms with Crippen LogP contribution in [0.2, 0.25) is 0 Å². The highest BCUT2D eigenvalue weighted by Crippen LogP contribution is 2.30. The number of hydrogen-bond donors (Lipinski definition) is 1. The number of halogens is 2. The number of hydrogen-bond acceptors (Lipinski definition) is 3. The lowest BCUT2D eigenvalue weighted by Gasteiger charge is -2.02. The van der Waals surface area contributed by atoms with Crippen molar-refractivity contribution >= 4 is 16.5 Å². The van der Waals surface area contributed by atoms with Crippen molar-refractivity contribution in [2.24, 2.45) is 0 Å². The molecule has 0 bridgehead atoms. The Balaban J connectivity index is 2.58. The smallest absolute Gasteiger partial charge is 0.180 e. The number of aromatic nitrogens is 1. The largest absolute Gasteiger partial charge is 0.375 e. The minimum Gasteiger partial charge on any atom is -0.375 e. The third kappa shape index (κ3) is 1.83. The highest BCUT2D eigenvalue weighted by molar-refractivity contribution is 7.18. The summed E-state index contributed by atoms with van der Waals surface area (Å²) in [4.78, 5) is 4.43. The first-order valence-electron chi connectivity index (χ1n) is 4.25. The van der Waals surface area contributed by atoms with E-state index >= 15 is 0 Å². The van der Waals surface area contributed by atoms with Crippen LogP contribution < -0.4 is 5.73 Å². The van der Waals surface area contributed by atoms with Crippen molar-refractivity contribution in [2.75, 3.05) is 5.73 Å². The molecule has 15 heavy (non-hydrogen) atoms. The van der Waals surface area contributed by atoms with Crippen molar-refractivity contribution < 1.29 is 8.78 Å². The molecule has 0 aliphatic rings. The van der Waals surface area contributed by atoms with Gasteiger partial charge in [-0.1, -0.05) is 11.3 Å². The van der Waals surface area contributed by atoms with Crippen LogP contribution in [0.4, 0.5) is 13.9 Å². The van der Waals surface area contributed by atoms with Crippen LogP contribution in [0.3, 0.4) is 0 Å². The summed E-state index contributed by atoms with van der Waals surface area (Å²) in [5.41, 5.74) is 6.18. The Hall–Kier alpha value is -1.49. The zero-order valence-electron chi connectivity index (χ0n) is 7.92. The molecule has 0 aliphatic carbocycles. The zero-order valence-corrected chi connectivity index (χ0v) is 8.74. The van der Waals surface area contributed by atoms with Gasteiger partial charge in [0.15, 0.2) is 5.13 Å². The van der Waals surface area contributed by atoms with E-state index in [1.54, 1.807) is 6.92 Å². The fourth-order valence-electron chi connectivity index (χ4n) is 1.26. The summed E-state index contributed by atoms with van der Waals surface area (Å²) < 4.78 is 26.4. The van der Waals surface area contributed by atoms with Crippen molar-refractivity contribution in [1.29, 1.82) is 0 Å². The van der Waals surface area contributed by atoms with Gasteiger partial charge in [-0.05, 0) is 18.6 Å². The fraction of sp³-hybridized carbons (Fsp3) is 0.100. The first kappa shape index (κ1) is 10.0. The van der Waals surface area contributed by atoms with Gasteiger partial charge in [0.2, 0.25) is 0 Å². The minimum atomic E-state index is -0.596. The summed E-state index contributed by atoms with van der Waals surface area (Å²) in [5.74, 6) is -1.14. The second-order valence-corrected chi connectivity index (χ2v) is 4.21. The van der Waals surface area contributed by atoms with Gasteiger partial charge < -0.3 is 5.73 Å². The molecule has 2 rings (SSSR count). The molecule has 1 aromatic heterocycles. The van der Waals surface area contributed by atoms with Crippen molar-refractivity contribution in [1.82, 2.24) is 4.98 Å². The highest BCUT2D eigenvalue weighted by atomic mass is 32.1. The van der Waals surface area contributed by atoms with Crippen LogP contribution in [0.5, 0.6) is 0 Å². The Morgan fingerprint density at radius 3 is 2.60 bits per heavy atom. The Kier molecular flexibility index (Phi) is 2.40. The highest BCUT2D eigenvalue weighted by Gasteiger charge is 2.11. The summed E-state index contributed by atoms with van der Waals surface area (Å²) >= 11 is 1.17. The molecule has 2 aromatic rings. The van der Waals surface area contributed by atoms with Crippen molar-refractivity contribution in [3.05, 3.63) is 35.5 Å². The average Bonchev–Trinajstić information content (AvgIpc) is 2.58. The lowest BCUT2D eigenvalue weighted by Crippen LogP contribution is -1.88. The second kappa shape index (κ2) is 3.58. The molecular formula is C10H8F2N2S. The van der Waals surface area contributed by atoms with Gasteiger partial charge in [0.1, 0.15) is 11.6 Å². The van der Waals surface area contributed by atoms with Gasteiger partial charge in [-0.15, -0.1) is 0 Å². The Morgan fingerprint density at radius 2 is 2.00 bits per heavy atom. The SMILES string of the molecule is Cc1cc(-c2cnc(N)s2)c(F)cc1F. The van der Waals surface area contributed by atoms with Crippen LogP contribution in [-0.4, -0.2) is 4.98 Å². The Morgan fingerprint density at radius 1 is 1.27 bits per heavy atom. The van der Waals surface area contributed by atoms with Gasteiger partial charge in [0, 0.05) is 17.8 Å². The second-order valence-electron chi connectivity index (χ2n) is 3.14. The first-order valence-corrected chi connectivity index (χ1v) is 5.07. The quantitative estimate of drug-likeness (QED) is 0.811. The normalized spacial score (nSPS) is 10.6. The fourth-order valence-corrected chi connectivity index (χ4v) is 1.96. The molecule has 1 heterocycles. The Labute approximate surface area is 89.4 Å². The number of benzene rings is 1. The molecule has 0 unspecified atom stereocenters. The van der Waals surface area contributed by atoms with E-state index < -0.39 is 11.6 Å². The van der Waals surface area contributed by atoms with E-state index in [0.717, 1.165) is 6.07 Å². The molecule has 0 amide bonds. The summed E-state index contributed by atoms with van der Waals surface area (Å²) in [6.07, 6.45) is 1.48. The molecule has 5 heteroatoms. The van der Waals surface area contributed by atoms with E-state index in [4.69, 9.17) is 5.73 Å². The van der Waals surface area contributed by atoms with E-state index in [1.165, 1.54) is 23.6 Å². The molecule has 2 N–H and O–H groups in total. The van der Waals surface area contributed by atoms with Crippen LogP contribution in [0.15, 0.2) is 18.3 Å². The van der Waals surface area contributed by atoms with Crippen LogP contribution >= 0.6 is 11.3 Å². The molecule has 1 aromatic carbocycles. The summed E-state index contributed by atoms with van der Waals surface area (Å²) in [7, 11) is 0. The predicted octanol–water partition coefficient (Wildman–Crippen LogP) is 2.98. The van der Waals surface area contributed by atoms with Gasteiger partial charge in [0.05, 0.1) is 4.88 Å². The molecule has 78 valence electrons. The van der Waals surface area contributed by atoms with Crippen LogP contribution in [0.1, 0.15) is 5.56 Å². The summed E-state index contributed by atoms with van der Waals surface area (Å²) in [5, 5.41) is 0.367. The van der Waals surface area contributed by atoms with E-state index in [2.05, 4.69) is 4.98 Å². The number of nitrogens with two attached hydrogens (primary N) is 1. The number of nitrogens with zero attached hydrogens (tertiary/aromatic N) is 1. The first-order chi connectivity index (χ1) is 7.08. The van der Waals surface area contributed by atoms with E-state index in [-0.39, 0.29) is 0 Å². The number of aryl methyl sites for hydroxylation is 1. The van der Waals surface area contributed by atoms with Gasteiger partial charge in [-0.25, -0.2) is 13.8 Å². The average molecular weight is 226 g/mol. The third-order valence-electron chi connectivity index (χ3n) is 2.04. The third-order valence-corrected chi connectivity index (χ3v) is 2.90. The monoisotopic (exact) mass is 226 g/mol. The van der Waals surface area contributed by atoms with E-state index in [0.29, 0.717) is 21.1 Å². The van der Waals surface area contributed by atoms with Gasteiger partial charge in [-0.2, -0.15) is 0 Å². The topological polar surface area (TPSA) is 38.9 Å². The maximum atomic E-state index is 13.4. The maximum absolute atomic E-state index is 13.4. The molecule has 0 atom stereocenters. The standard InChI is InChI=1S/C10H8F2N2S/c1-5-2-6(8(12)3-7(5)11)9-4-14-10(13)15-9/h2-4H,1H3,(H2,13,14). The minimum absolute atomic E-state index is 0.336. The summed E-state index contributed by atoms with van der Waals surface area (Å²) in [6, 6.07) is 2.33. The van der Waals surface area contributed by atoms with Crippen molar-refractivity contribution in [3.63, 3.8) is 0 Å². The number of anilines is 1. The molecule has 0 aliphatic heterocycles. The number of nitrogen functional groups attached to an aromatic ring is 1. The van der Waals surface area contributed by atoms with Gasteiger partial charge in [0.25, 0.3) is 0 Å². The summed E-state index contributed by atoms with van der Waals surface area (Å²) in [6.45, 7) is 1.59. The lowest BCUT2D eigenvalue weighted by molar-refractivity contribution is 0.580. The van der Waals surface area contributed by atoms with Crippen LogP contribution in [-0.2, 0) is 0 Å². The zero-order chi connectivity index (χ0) is 11.0. The molecule has 2 nitrogen and oxygen atoms in total. The molecule has 0 spiro atoms. The van der Waals surface area contributed by atoms with E-state index in [9.17, 15) is 8.78 Å². The molecule has 0 saturated carbocycles. The van der Waals surface area contributed by atoms with Crippen molar-refractivity contribution in [2.45, 2.75) is 6.92 Å². The predicted molar refractivity (Wildman–Crippen MR) is 56.6 cm³/mol. The molecule has 0 radical (unpaired) electrons. The molecule has 0 fully saturated rings. The van der Waals surface area contributed by atoms with Gasteiger partial charge >= 0.3 is 0 Å². The number of rotatable bonds is 1. The van der Waals surface area contributed by atoms with E-state index in [1.807, 2.05) is 0 Å². The van der Waals surface area contributed by atoms with Crippen molar-refractivity contribution in [3.8, 4) is 10.4 Å². The number of thiazole rings is 1. The van der Waals surface area contributed by atoms with Crippen LogP contribution in [0.25, 0.3) is 10.4 Å². The molecule has 0 saturated heterocycles. The van der Waals surface area contributed by atoms with Crippen LogP contribution in [0, 0.1) is 18.6 Å². The van der Waals surface area contributed by atoms with Gasteiger partial charge in [-0.3, -0.25) is 0 Å².